The molecular weight excluding hydrogens is 272 g/mol. The van der Waals surface area contributed by atoms with Crippen LogP contribution in [0.25, 0.3) is 0 Å². The van der Waals surface area contributed by atoms with Crippen LogP contribution < -0.4 is 0 Å². The lowest BCUT2D eigenvalue weighted by Gasteiger charge is -2.21. The smallest absolute Gasteiger partial charge is 0.303 e. The van der Waals surface area contributed by atoms with Crippen molar-refractivity contribution in [2.45, 2.75) is 71.6 Å². The van der Waals surface area contributed by atoms with Crippen LogP contribution in [0.15, 0.2) is 0 Å². The highest BCUT2D eigenvalue weighted by molar-refractivity contribution is 7.12. The van der Waals surface area contributed by atoms with E-state index in [0.29, 0.717) is 18.6 Å². The Labute approximate surface area is 125 Å². The van der Waals surface area contributed by atoms with Crippen LogP contribution in [0.5, 0.6) is 5.75 Å². The quantitative estimate of drug-likeness (QED) is 0.863. The highest BCUT2D eigenvalue weighted by atomic mass is 32.1. The lowest BCUT2D eigenvalue weighted by atomic mass is 9.83. The first-order valence-electron chi connectivity index (χ1n) is 7.02. The molecule has 1 heterocycles. The van der Waals surface area contributed by atoms with Gasteiger partial charge in [0.25, 0.3) is 0 Å². The molecule has 1 rings (SSSR count). The predicted molar refractivity (Wildman–Crippen MR) is 84.0 cm³/mol. The lowest BCUT2D eigenvalue weighted by molar-refractivity contribution is -0.137. The molecule has 0 unspecified atom stereocenters. The summed E-state index contributed by atoms with van der Waals surface area (Å²) in [5, 5.41) is 19.3. The number of carboxylic acids is 1. The van der Waals surface area contributed by atoms with Gasteiger partial charge in [-0.05, 0) is 23.7 Å². The number of rotatable bonds is 4. The van der Waals surface area contributed by atoms with Crippen LogP contribution in [0.1, 0.15) is 69.7 Å². The van der Waals surface area contributed by atoms with Gasteiger partial charge in [0.2, 0.25) is 0 Å². The maximum atomic E-state index is 10.7. The molecule has 0 saturated heterocycles. The van der Waals surface area contributed by atoms with E-state index < -0.39 is 5.97 Å². The zero-order valence-corrected chi connectivity index (χ0v) is 14.1. The highest BCUT2D eigenvalue weighted by Gasteiger charge is 2.31. The number of thiophene rings is 1. The van der Waals surface area contributed by atoms with E-state index >= 15 is 0 Å². The minimum Gasteiger partial charge on any atom is -0.506 e. The van der Waals surface area contributed by atoms with Crippen molar-refractivity contribution in [2.75, 3.05) is 0 Å². The van der Waals surface area contributed by atoms with E-state index in [4.69, 9.17) is 5.11 Å². The third-order valence-corrected chi connectivity index (χ3v) is 4.85. The summed E-state index contributed by atoms with van der Waals surface area (Å²) < 4.78 is 0. The maximum absolute atomic E-state index is 10.7. The Morgan fingerprint density at radius 2 is 1.65 bits per heavy atom. The second-order valence-electron chi connectivity index (χ2n) is 7.33. The molecule has 0 spiro atoms. The lowest BCUT2D eigenvalue weighted by Crippen LogP contribution is -2.14. The molecule has 0 bridgehead atoms. The average Bonchev–Trinajstić information content (AvgIpc) is 2.53. The molecule has 0 saturated carbocycles. The van der Waals surface area contributed by atoms with E-state index in [9.17, 15) is 9.90 Å². The molecule has 0 aliphatic rings. The van der Waals surface area contributed by atoms with E-state index in [1.165, 1.54) is 0 Å². The van der Waals surface area contributed by atoms with E-state index in [1.54, 1.807) is 11.3 Å². The fraction of sp³-hybridized carbons (Fsp3) is 0.688. The minimum atomic E-state index is -0.765. The Bertz CT molecular complexity index is 487. The number of hydrogen-bond donors (Lipinski definition) is 2. The fourth-order valence-electron chi connectivity index (χ4n) is 2.33. The van der Waals surface area contributed by atoms with Crippen molar-refractivity contribution < 1.29 is 15.0 Å². The van der Waals surface area contributed by atoms with Crippen LogP contribution in [-0.4, -0.2) is 16.2 Å². The van der Waals surface area contributed by atoms with Crippen molar-refractivity contribution in [3.05, 3.63) is 15.3 Å². The van der Waals surface area contributed by atoms with Gasteiger partial charge >= 0.3 is 5.97 Å². The maximum Gasteiger partial charge on any atom is 0.303 e. The molecule has 4 heteroatoms. The van der Waals surface area contributed by atoms with Crippen LogP contribution in [0.4, 0.5) is 0 Å². The van der Waals surface area contributed by atoms with Crippen LogP contribution in [0.3, 0.4) is 0 Å². The first-order valence-corrected chi connectivity index (χ1v) is 7.83. The fourth-order valence-corrected chi connectivity index (χ4v) is 3.83. The van der Waals surface area contributed by atoms with Gasteiger partial charge in [-0.25, -0.2) is 0 Å². The van der Waals surface area contributed by atoms with Crippen molar-refractivity contribution in [1.29, 1.82) is 0 Å². The summed E-state index contributed by atoms with van der Waals surface area (Å²) in [7, 11) is 0. The Morgan fingerprint density at radius 3 is 2.05 bits per heavy atom. The van der Waals surface area contributed by atoms with Crippen molar-refractivity contribution >= 4 is 17.3 Å². The van der Waals surface area contributed by atoms with Crippen molar-refractivity contribution in [3.63, 3.8) is 0 Å². The van der Waals surface area contributed by atoms with Gasteiger partial charge in [-0.1, -0.05) is 41.5 Å². The molecule has 0 aromatic carbocycles. The second-order valence-corrected chi connectivity index (χ2v) is 8.43. The highest BCUT2D eigenvalue weighted by Crippen LogP contribution is 2.47. The largest absolute Gasteiger partial charge is 0.506 e. The Morgan fingerprint density at radius 1 is 1.10 bits per heavy atom. The molecule has 0 radical (unpaired) electrons. The van der Waals surface area contributed by atoms with Gasteiger partial charge in [0.1, 0.15) is 5.75 Å². The third-order valence-electron chi connectivity index (χ3n) is 3.18. The van der Waals surface area contributed by atoms with Crippen molar-refractivity contribution in [2.24, 2.45) is 0 Å². The Kier molecular flexibility index (Phi) is 4.90. The first-order chi connectivity index (χ1) is 8.94. The van der Waals surface area contributed by atoms with E-state index in [1.807, 2.05) is 0 Å². The standard InChI is InChI=1S/C16H26O3S/c1-15(2,3)12-10(8-7-9-11(17)18)20-14(13(12)19)16(4,5)6/h19H,7-9H2,1-6H3,(H,17,18). The van der Waals surface area contributed by atoms with Crippen LogP contribution in [0.2, 0.25) is 0 Å². The van der Waals surface area contributed by atoms with E-state index in [2.05, 4.69) is 41.5 Å². The predicted octanol–water partition coefficient (Wildman–Crippen LogP) is 4.46. The topological polar surface area (TPSA) is 57.5 Å². The molecule has 2 N–H and O–H groups in total. The van der Waals surface area contributed by atoms with E-state index in [-0.39, 0.29) is 17.3 Å². The first kappa shape index (κ1) is 17.0. The van der Waals surface area contributed by atoms with Gasteiger partial charge in [0.15, 0.2) is 0 Å². The van der Waals surface area contributed by atoms with E-state index in [0.717, 1.165) is 15.3 Å². The van der Waals surface area contributed by atoms with Crippen molar-refractivity contribution in [1.82, 2.24) is 0 Å². The number of aromatic hydroxyl groups is 1. The number of aryl methyl sites for hydroxylation is 1. The molecule has 0 amide bonds. The Hall–Kier alpha value is -1.03. The zero-order chi connectivity index (χ0) is 15.7. The second kappa shape index (κ2) is 5.76. The van der Waals surface area contributed by atoms with Gasteiger partial charge in [0.05, 0.1) is 4.88 Å². The van der Waals surface area contributed by atoms with Gasteiger partial charge in [-0.2, -0.15) is 0 Å². The van der Waals surface area contributed by atoms with Gasteiger partial charge in [-0.3, -0.25) is 4.79 Å². The number of aliphatic carboxylic acids is 1. The van der Waals surface area contributed by atoms with Gasteiger partial charge in [0, 0.05) is 16.9 Å². The van der Waals surface area contributed by atoms with Crippen LogP contribution in [0, 0.1) is 0 Å². The third kappa shape index (κ3) is 3.98. The summed E-state index contributed by atoms with van der Waals surface area (Å²) in [6.07, 6.45) is 1.50. The molecule has 0 atom stereocenters. The summed E-state index contributed by atoms with van der Waals surface area (Å²) in [6.45, 7) is 12.5. The summed E-state index contributed by atoms with van der Waals surface area (Å²) in [5.74, 6) is -0.362. The molecule has 0 aliphatic carbocycles. The summed E-state index contributed by atoms with van der Waals surface area (Å²) in [6, 6.07) is 0. The normalized spacial score (nSPS) is 12.7. The molecule has 20 heavy (non-hydrogen) atoms. The number of carboxylic acid groups (broad SMARTS) is 1. The molecular formula is C16H26O3S. The minimum absolute atomic E-state index is 0.0974. The SMILES string of the molecule is CC(C)(C)c1sc(CCCC(=O)O)c(C(C)(C)C)c1O. The number of carbonyl (C=O) groups is 1. The van der Waals surface area contributed by atoms with Crippen LogP contribution >= 0.6 is 11.3 Å². The summed E-state index contributed by atoms with van der Waals surface area (Å²) in [4.78, 5) is 12.8. The zero-order valence-electron chi connectivity index (χ0n) is 13.3. The molecule has 1 aromatic heterocycles. The Balaban J connectivity index is 3.18. The average molecular weight is 298 g/mol. The summed E-state index contributed by atoms with van der Waals surface area (Å²) in [5.41, 5.74) is 0.750. The monoisotopic (exact) mass is 298 g/mol. The van der Waals surface area contributed by atoms with Crippen LogP contribution in [-0.2, 0) is 22.0 Å². The molecule has 0 fully saturated rings. The summed E-state index contributed by atoms with van der Waals surface area (Å²) >= 11 is 1.63. The molecule has 1 aromatic rings. The molecule has 114 valence electrons. The van der Waals surface area contributed by atoms with Gasteiger partial charge in [-0.15, -0.1) is 11.3 Å². The van der Waals surface area contributed by atoms with Crippen molar-refractivity contribution in [3.8, 4) is 5.75 Å². The van der Waals surface area contributed by atoms with Gasteiger partial charge < -0.3 is 10.2 Å². The molecule has 3 nitrogen and oxygen atoms in total. The number of hydrogen-bond acceptors (Lipinski definition) is 3. The molecule has 0 aliphatic heterocycles.